The summed E-state index contributed by atoms with van der Waals surface area (Å²) in [5.74, 6) is -1.45. The van der Waals surface area contributed by atoms with E-state index < -0.39 is 17.3 Å². The summed E-state index contributed by atoms with van der Waals surface area (Å²) < 4.78 is 6.12. The lowest BCUT2D eigenvalue weighted by molar-refractivity contribution is -0.140. The van der Waals surface area contributed by atoms with E-state index in [9.17, 15) is 14.4 Å². The summed E-state index contributed by atoms with van der Waals surface area (Å²) in [6.45, 7) is 1.75. The average molecular weight is 543 g/mol. The Kier molecular flexibility index (Phi) is 5.53. The van der Waals surface area contributed by atoms with E-state index in [-0.39, 0.29) is 35.8 Å². The molecule has 2 aliphatic heterocycles. The number of para-hydroxylation sites is 1. The number of amides is 1. The molecule has 9 heteroatoms. The second kappa shape index (κ2) is 8.29. The fourth-order valence-corrected chi connectivity index (χ4v) is 5.82. The first kappa shape index (κ1) is 22.7. The van der Waals surface area contributed by atoms with Crippen molar-refractivity contribution in [2.75, 3.05) is 16.8 Å². The van der Waals surface area contributed by atoms with E-state index in [4.69, 9.17) is 22.1 Å². The van der Waals surface area contributed by atoms with Crippen LogP contribution in [0.25, 0.3) is 0 Å². The van der Waals surface area contributed by atoms with Gasteiger partial charge in [-0.2, -0.15) is 0 Å². The van der Waals surface area contributed by atoms with Crippen molar-refractivity contribution in [3.8, 4) is 0 Å². The van der Waals surface area contributed by atoms with Gasteiger partial charge in [0.15, 0.2) is 5.78 Å². The van der Waals surface area contributed by atoms with Gasteiger partial charge < -0.3 is 15.8 Å². The van der Waals surface area contributed by atoms with Crippen molar-refractivity contribution < 1.29 is 19.1 Å². The predicted molar refractivity (Wildman–Crippen MR) is 132 cm³/mol. The van der Waals surface area contributed by atoms with E-state index in [0.29, 0.717) is 40.5 Å². The molecule has 0 bridgehead atoms. The van der Waals surface area contributed by atoms with E-state index in [2.05, 4.69) is 21.2 Å². The molecule has 34 heavy (non-hydrogen) atoms. The number of rotatable bonds is 3. The summed E-state index contributed by atoms with van der Waals surface area (Å²) in [5, 5.41) is 3.21. The van der Waals surface area contributed by atoms with Crippen molar-refractivity contribution in [3.05, 3.63) is 80.2 Å². The summed E-state index contributed by atoms with van der Waals surface area (Å²) in [6, 6.07) is 12.3. The van der Waals surface area contributed by atoms with Crippen LogP contribution in [0.2, 0.25) is 5.02 Å². The molecule has 2 aromatic carbocycles. The van der Waals surface area contributed by atoms with Gasteiger partial charge in [0.2, 0.25) is 5.91 Å². The number of benzene rings is 2. The number of allylic oxidation sites excluding steroid dienone is 1. The first-order valence-corrected chi connectivity index (χ1v) is 12.1. The van der Waals surface area contributed by atoms with Gasteiger partial charge in [-0.3, -0.25) is 14.5 Å². The largest absolute Gasteiger partial charge is 0.462 e. The van der Waals surface area contributed by atoms with Crippen LogP contribution in [0.4, 0.5) is 11.4 Å². The number of nitrogens with zero attached hydrogens (tertiary/aromatic N) is 1. The monoisotopic (exact) mass is 541 g/mol. The molecule has 0 fully saturated rings. The number of anilines is 2. The third-order valence-corrected chi connectivity index (χ3v) is 7.35. The number of fused-ring (bicyclic) bond motifs is 3. The van der Waals surface area contributed by atoms with E-state index in [1.807, 2.05) is 24.3 Å². The van der Waals surface area contributed by atoms with Crippen LogP contribution in [-0.4, -0.2) is 24.3 Å². The molecule has 5 rings (SSSR count). The smallest absolute Gasteiger partial charge is 0.339 e. The van der Waals surface area contributed by atoms with Gasteiger partial charge in [-0.1, -0.05) is 23.7 Å². The number of nitrogens with one attached hydrogen (secondary N) is 1. The Morgan fingerprint density at radius 2 is 2.00 bits per heavy atom. The minimum Gasteiger partial charge on any atom is -0.462 e. The molecule has 3 aliphatic rings. The van der Waals surface area contributed by atoms with Crippen LogP contribution in [0.1, 0.15) is 31.7 Å². The fraction of sp³-hybridized carbons (Fsp3) is 0.240. The average Bonchev–Trinajstić information content (AvgIpc) is 3.07. The number of carbonyl (C=O) groups excluding carboxylic acids is 3. The van der Waals surface area contributed by atoms with Crippen LogP contribution >= 0.6 is 27.5 Å². The molecule has 1 aliphatic carbocycles. The summed E-state index contributed by atoms with van der Waals surface area (Å²) >= 11 is 9.90. The number of Topliss-reactive ketones (excluding diaryl/α,β-unsaturated/α-hetero) is 1. The number of carbonyl (C=O) groups is 3. The van der Waals surface area contributed by atoms with E-state index in [1.54, 1.807) is 30.0 Å². The van der Waals surface area contributed by atoms with Crippen molar-refractivity contribution in [2.24, 2.45) is 5.73 Å². The first-order chi connectivity index (χ1) is 16.3. The van der Waals surface area contributed by atoms with Crippen LogP contribution in [0, 0.1) is 0 Å². The van der Waals surface area contributed by atoms with Gasteiger partial charge in [0, 0.05) is 38.4 Å². The van der Waals surface area contributed by atoms with Gasteiger partial charge in [-0.15, -0.1) is 0 Å². The van der Waals surface area contributed by atoms with E-state index in [0.717, 1.165) is 4.47 Å². The molecule has 2 heterocycles. The van der Waals surface area contributed by atoms with Crippen molar-refractivity contribution in [2.45, 2.75) is 31.6 Å². The standard InChI is InChI=1S/C25H21BrClN3O4/c1-2-34-23(32)21-22(28)30(17-7-4-3-6-15(17)26)18-8-5-9-19(31)20(18)25(21)14-12-13(27)10-11-16(14)29-24(25)33/h3-4,6-7,10-12H,2,5,8-9,28H2,1H3,(H,29,33). The predicted octanol–water partition coefficient (Wildman–Crippen LogP) is 4.55. The van der Waals surface area contributed by atoms with Gasteiger partial charge in [-0.25, -0.2) is 4.79 Å². The minimum atomic E-state index is -1.75. The van der Waals surface area contributed by atoms with Crippen LogP contribution in [0.5, 0.6) is 0 Å². The van der Waals surface area contributed by atoms with Gasteiger partial charge >= 0.3 is 5.97 Å². The molecule has 3 N–H and O–H groups in total. The van der Waals surface area contributed by atoms with Crippen LogP contribution in [0.15, 0.2) is 69.6 Å². The Bertz CT molecular complexity index is 1340. The van der Waals surface area contributed by atoms with Crippen molar-refractivity contribution in [1.82, 2.24) is 0 Å². The normalized spacial score (nSPS) is 21.6. The molecule has 7 nitrogen and oxygen atoms in total. The van der Waals surface area contributed by atoms with Crippen molar-refractivity contribution in [1.29, 1.82) is 0 Å². The van der Waals surface area contributed by atoms with Crippen LogP contribution in [0.3, 0.4) is 0 Å². The maximum atomic E-state index is 13.8. The molecule has 1 spiro atoms. The number of halogens is 2. The molecular formula is C25H21BrClN3O4. The molecule has 1 unspecified atom stereocenters. The summed E-state index contributed by atoms with van der Waals surface area (Å²) in [6.07, 6.45) is 1.36. The summed E-state index contributed by atoms with van der Waals surface area (Å²) in [5.41, 5.74) is 7.30. The lowest BCUT2D eigenvalue weighted by atomic mass is 9.63. The van der Waals surface area contributed by atoms with E-state index in [1.165, 1.54) is 0 Å². The number of ether oxygens (including phenoxy) is 1. The Hall–Kier alpha value is -3.10. The van der Waals surface area contributed by atoms with Crippen molar-refractivity contribution >= 4 is 56.6 Å². The third-order valence-electron chi connectivity index (χ3n) is 6.45. The molecule has 1 amide bonds. The maximum absolute atomic E-state index is 13.8. The highest BCUT2D eigenvalue weighted by Crippen LogP contribution is 2.56. The first-order valence-electron chi connectivity index (χ1n) is 10.9. The van der Waals surface area contributed by atoms with Crippen LogP contribution in [-0.2, 0) is 24.5 Å². The topological polar surface area (TPSA) is 102 Å². The molecule has 174 valence electrons. The number of esters is 1. The lowest BCUT2D eigenvalue weighted by Gasteiger charge is -2.44. The molecule has 2 aromatic rings. The lowest BCUT2D eigenvalue weighted by Crippen LogP contribution is -2.53. The number of nitrogens with two attached hydrogens (primary N) is 1. The molecule has 0 aromatic heterocycles. The van der Waals surface area contributed by atoms with Gasteiger partial charge in [0.1, 0.15) is 16.8 Å². The van der Waals surface area contributed by atoms with Gasteiger partial charge in [0.25, 0.3) is 0 Å². The number of hydrogen-bond donors (Lipinski definition) is 2. The Morgan fingerprint density at radius 1 is 1.24 bits per heavy atom. The minimum absolute atomic E-state index is 0.0433. The van der Waals surface area contributed by atoms with Crippen molar-refractivity contribution in [3.63, 3.8) is 0 Å². The molecule has 1 atom stereocenters. The zero-order valence-electron chi connectivity index (χ0n) is 18.3. The molecule has 0 radical (unpaired) electrons. The number of ketones is 1. The quantitative estimate of drug-likeness (QED) is 0.552. The Balaban J connectivity index is 1.92. The SMILES string of the molecule is CCOC(=O)C1=C(N)N(c2ccccc2Br)C2=C(C(=O)CCC2)C12C(=O)Nc1ccc(Cl)cc12. The summed E-state index contributed by atoms with van der Waals surface area (Å²) in [4.78, 5) is 42.6. The highest BCUT2D eigenvalue weighted by atomic mass is 79.9. The zero-order chi connectivity index (χ0) is 24.2. The van der Waals surface area contributed by atoms with Gasteiger partial charge in [0.05, 0.1) is 12.3 Å². The summed E-state index contributed by atoms with van der Waals surface area (Å²) in [7, 11) is 0. The zero-order valence-corrected chi connectivity index (χ0v) is 20.6. The third kappa shape index (κ3) is 3.05. The molecule has 0 saturated carbocycles. The second-order valence-electron chi connectivity index (χ2n) is 8.26. The van der Waals surface area contributed by atoms with Crippen LogP contribution < -0.4 is 16.0 Å². The highest BCUT2D eigenvalue weighted by molar-refractivity contribution is 9.10. The van der Waals surface area contributed by atoms with Gasteiger partial charge in [-0.05, 0) is 66.0 Å². The Morgan fingerprint density at radius 3 is 2.74 bits per heavy atom. The molecular weight excluding hydrogens is 522 g/mol. The highest BCUT2D eigenvalue weighted by Gasteiger charge is 2.62. The fourth-order valence-electron chi connectivity index (χ4n) is 5.19. The maximum Gasteiger partial charge on any atom is 0.339 e. The second-order valence-corrected chi connectivity index (χ2v) is 9.55. The molecule has 0 saturated heterocycles. The number of hydrogen-bond acceptors (Lipinski definition) is 6. The van der Waals surface area contributed by atoms with E-state index >= 15 is 0 Å². The Labute approximate surface area is 209 Å².